The molecule has 0 bridgehead atoms. The Bertz CT molecular complexity index is 839. The maximum Gasteiger partial charge on any atom is 0.268 e. The van der Waals surface area contributed by atoms with Crippen LogP contribution < -0.4 is 4.74 Å². The van der Waals surface area contributed by atoms with Crippen molar-refractivity contribution in [3.05, 3.63) is 64.5 Å². The van der Waals surface area contributed by atoms with Crippen LogP contribution in [0.2, 0.25) is 0 Å². The summed E-state index contributed by atoms with van der Waals surface area (Å²) in [6.07, 6.45) is 0.145. The highest BCUT2D eigenvalue weighted by Crippen LogP contribution is 2.33. The van der Waals surface area contributed by atoms with Crippen molar-refractivity contribution in [2.75, 3.05) is 6.61 Å². The standard InChI is InChI=1S/C14H11N3O4S/c15-16-17-22(18,19)14-4-2-1-3-12(14)21-11-7-5-10(6-8-11)13-9-20-13/h1-8,13H,9H2. The molecule has 1 saturated heterocycles. The summed E-state index contributed by atoms with van der Waals surface area (Å²) in [7, 11) is -4.11. The van der Waals surface area contributed by atoms with Gasteiger partial charge in [-0.2, -0.15) is 0 Å². The van der Waals surface area contributed by atoms with E-state index in [1.807, 2.05) is 12.1 Å². The summed E-state index contributed by atoms with van der Waals surface area (Å²) < 4.78 is 37.4. The summed E-state index contributed by atoms with van der Waals surface area (Å²) in [5, 5.41) is 0. The Morgan fingerprint density at radius 2 is 1.86 bits per heavy atom. The molecular formula is C14H11N3O4S. The van der Waals surface area contributed by atoms with Gasteiger partial charge >= 0.3 is 0 Å². The summed E-state index contributed by atoms with van der Waals surface area (Å²) in [6, 6.07) is 13.2. The first-order valence-corrected chi connectivity index (χ1v) is 7.84. The van der Waals surface area contributed by atoms with Crippen molar-refractivity contribution in [3.8, 4) is 11.5 Å². The molecule has 0 N–H and O–H groups in total. The zero-order chi connectivity index (χ0) is 15.6. The molecule has 8 heteroatoms. The van der Waals surface area contributed by atoms with Crippen LogP contribution in [0, 0.1) is 0 Å². The number of hydrogen-bond acceptors (Lipinski definition) is 4. The van der Waals surface area contributed by atoms with Crippen molar-refractivity contribution in [2.24, 2.45) is 4.52 Å². The van der Waals surface area contributed by atoms with Crippen LogP contribution in [-0.4, -0.2) is 15.0 Å². The van der Waals surface area contributed by atoms with Gasteiger partial charge in [-0.25, -0.2) is 8.42 Å². The van der Waals surface area contributed by atoms with E-state index in [1.54, 1.807) is 18.2 Å². The fourth-order valence-corrected chi connectivity index (χ4v) is 2.76. The van der Waals surface area contributed by atoms with Crippen LogP contribution >= 0.6 is 0 Å². The topological polar surface area (TPSA) is 105 Å². The molecule has 1 aliphatic heterocycles. The fraction of sp³-hybridized carbons (Fsp3) is 0.143. The monoisotopic (exact) mass is 317 g/mol. The third kappa shape index (κ3) is 3.04. The van der Waals surface area contributed by atoms with Gasteiger partial charge < -0.3 is 9.47 Å². The first kappa shape index (κ1) is 14.4. The smallest absolute Gasteiger partial charge is 0.268 e. The number of nitrogens with zero attached hydrogens (tertiary/aromatic N) is 3. The minimum Gasteiger partial charge on any atom is -0.456 e. The first-order valence-electron chi connectivity index (χ1n) is 6.40. The molecule has 0 spiro atoms. The van der Waals surface area contributed by atoms with Gasteiger partial charge in [0.05, 0.1) is 6.61 Å². The van der Waals surface area contributed by atoms with E-state index >= 15 is 0 Å². The zero-order valence-corrected chi connectivity index (χ0v) is 12.1. The summed E-state index contributed by atoms with van der Waals surface area (Å²) >= 11 is 0. The van der Waals surface area contributed by atoms with Gasteiger partial charge in [0.15, 0.2) is 0 Å². The van der Waals surface area contributed by atoms with Gasteiger partial charge in [-0.15, -0.1) is 0 Å². The number of ether oxygens (including phenoxy) is 2. The van der Waals surface area contributed by atoms with E-state index in [0.29, 0.717) is 12.4 Å². The SMILES string of the molecule is [N-]=[N+]=NS(=O)(=O)c1ccccc1Oc1ccc(C2CO2)cc1. The van der Waals surface area contributed by atoms with E-state index in [2.05, 4.69) is 9.43 Å². The van der Waals surface area contributed by atoms with Crippen LogP contribution in [0.5, 0.6) is 11.5 Å². The molecule has 2 aromatic rings. The lowest BCUT2D eigenvalue weighted by atomic mass is 10.1. The number of para-hydroxylation sites is 1. The van der Waals surface area contributed by atoms with Crippen molar-refractivity contribution in [1.82, 2.24) is 0 Å². The molecule has 1 fully saturated rings. The number of hydrogen-bond donors (Lipinski definition) is 0. The highest BCUT2D eigenvalue weighted by Gasteiger charge is 2.24. The fourth-order valence-electron chi connectivity index (χ4n) is 1.96. The first-order chi connectivity index (χ1) is 10.6. The highest BCUT2D eigenvalue weighted by molar-refractivity contribution is 7.90. The number of azide groups is 1. The van der Waals surface area contributed by atoms with Crippen LogP contribution in [0.4, 0.5) is 0 Å². The summed E-state index contributed by atoms with van der Waals surface area (Å²) in [5.41, 5.74) is 9.40. The van der Waals surface area contributed by atoms with Gasteiger partial charge in [0.1, 0.15) is 22.5 Å². The van der Waals surface area contributed by atoms with Crippen molar-refractivity contribution < 1.29 is 17.9 Å². The number of sulfonamides is 1. The Balaban J connectivity index is 1.90. The van der Waals surface area contributed by atoms with Crippen molar-refractivity contribution in [2.45, 2.75) is 11.0 Å². The number of rotatable bonds is 5. The van der Waals surface area contributed by atoms with Gasteiger partial charge in [-0.3, -0.25) is 0 Å². The summed E-state index contributed by atoms with van der Waals surface area (Å²) in [5.74, 6) is 0.582. The second kappa shape index (κ2) is 5.69. The lowest BCUT2D eigenvalue weighted by Gasteiger charge is -2.09. The molecule has 1 atom stereocenters. The molecule has 0 amide bonds. The number of epoxide rings is 1. The predicted molar refractivity (Wildman–Crippen MR) is 78.0 cm³/mol. The van der Waals surface area contributed by atoms with Crippen LogP contribution in [-0.2, 0) is 14.8 Å². The van der Waals surface area contributed by atoms with Gasteiger partial charge in [-0.05, 0) is 35.4 Å². The van der Waals surface area contributed by atoms with Crippen LogP contribution in [0.1, 0.15) is 11.7 Å². The van der Waals surface area contributed by atoms with Crippen LogP contribution in [0.25, 0.3) is 10.4 Å². The Labute approximate surface area is 126 Å². The van der Waals surface area contributed by atoms with E-state index in [4.69, 9.17) is 15.0 Å². The highest BCUT2D eigenvalue weighted by atomic mass is 32.2. The maximum atomic E-state index is 11.9. The Hall–Kier alpha value is -2.54. The second-order valence-electron chi connectivity index (χ2n) is 4.59. The van der Waals surface area contributed by atoms with E-state index in [-0.39, 0.29) is 16.7 Å². The summed E-state index contributed by atoms with van der Waals surface area (Å²) in [6.45, 7) is 0.716. The molecular weight excluding hydrogens is 306 g/mol. The number of benzene rings is 2. The maximum absolute atomic E-state index is 11.9. The Kier molecular flexibility index (Phi) is 3.72. The van der Waals surface area contributed by atoms with Gasteiger partial charge in [-0.1, -0.05) is 24.3 Å². The van der Waals surface area contributed by atoms with E-state index in [0.717, 1.165) is 5.56 Å². The average Bonchev–Trinajstić information content (AvgIpc) is 3.33. The quantitative estimate of drug-likeness (QED) is 0.364. The van der Waals surface area contributed by atoms with Crippen molar-refractivity contribution >= 4 is 10.0 Å². The molecule has 0 saturated carbocycles. The molecule has 1 heterocycles. The molecule has 112 valence electrons. The van der Waals surface area contributed by atoms with E-state index < -0.39 is 10.0 Å². The molecule has 1 unspecified atom stereocenters. The zero-order valence-electron chi connectivity index (χ0n) is 11.3. The van der Waals surface area contributed by atoms with E-state index in [9.17, 15) is 8.42 Å². The molecule has 2 aromatic carbocycles. The molecule has 1 aliphatic rings. The lowest BCUT2D eigenvalue weighted by Crippen LogP contribution is -1.98. The van der Waals surface area contributed by atoms with Crippen LogP contribution in [0.3, 0.4) is 0 Å². The molecule has 22 heavy (non-hydrogen) atoms. The molecule has 0 aromatic heterocycles. The predicted octanol–water partition coefficient (Wildman–Crippen LogP) is 3.55. The minimum absolute atomic E-state index is 0.102. The van der Waals surface area contributed by atoms with Gasteiger partial charge in [0.2, 0.25) is 0 Å². The normalized spacial score (nSPS) is 16.6. The third-order valence-corrected chi connectivity index (χ3v) is 4.27. The third-order valence-electron chi connectivity index (χ3n) is 3.08. The van der Waals surface area contributed by atoms with Crippen LogP contribution in [0.15, 0.2) is 57.9 Å². The molecule has 3 rings (SSSR count). The minimum atomic E-state index is -4.11. The average molecular weight is 317 g/mol. The Morgan fingerprint density at radius 1 is 1.18 bits per heavy atom. The van der Waals surface area contributed by atoms with Gasteiger partial charge in [0.25, 0.3) is 10.0 Å². The molecule has 0 radical (unpaired) electrons. The van der Waals surface area contributed by atoms with Crippen molar-refractivity contribution in [3.63, 3.8) is 0 Å². The summed E-state index contributed by atoms with van der Waals surface area (Å²) in [4.78, 5) is 2.16. The van der Waals surface area contributed by atoms with Crippen molar-refractivity contribution in [1.29, 1.82) is 0 Å². The Morgan fingerprint density at radius 3 is 2.50 bits per heavy atom. The largest absolute Gasteiger partial charge is 0.456 e. The van der Waals surface area contributed by atoms with Gasteiger partial charge in [0, 0.05) is 9.43 Å². The molecule has 7 nitrogen and oxygen atoms in total. The molecule has 0 aliphatic carbocycles. The second-order valence-corrected chi connectivity index (χ2v) is 6.14. The van der Waals surface area contributed by atoms with E-state index in [1.165, 1.54) is 18.2 Å². The lowest BCUT2D eigenvalue weighted by molar-refractivity contribution is 0.415.